The van der Waals surface area contributed by atoms with Gasteiger partial charge in [-0.1, -0.05) is 87.2 Å². The maximum Gasteiger partial charge on any atom is 0.273 e. The molecule has 0 fully saturated rings. The van der Waals surface area contributed by atoms with Gasteiger partial charge in [-0.25, -0.2) is 0 Å². The fourth-order valence-electron chi connectivity index (χ4n) is 3.02. The first-order chi connectivity index (χ1) is 12.1. The zero-order valence-corrected chi connectivity index (χ0v) is 16.2. The third-order valence-electron chi connectivity index (χ3n) is 4.48. The van der Waals surface area contributed by atoms with E-state index in [4.69, 9.17) is 23.2 Å². The van der Waals surface area contributed by atoms with Crippen LogP contribution in [0.2, 0.25) is 5.02 Å². The van der Waals surface area contributed by atoms with Gasteiger partial charge in [0, 0.05) is 11.6 Å². The van der Waals surface area contributed by atoms with Gasteiger partial charge in [0.1, 0.15) is 5.03 Å². The van der Waals surface area contributed by atoms with Crippen LogP contribution in [-0.2, 0) is 9.59 Å². The van der Waals surface area contributed by atoms with E-state index >= 15 is 0 Å². The van der Waals surface area contributed by atoms with E-state index in [0.717, 1.165) is 19.3 Å². The second-order valence-corrected chi connectivity index (χ2v) is 7.25. The van der Waals surface area contributed by atoms with Gasteiger partial charge < -0.3 is 0 Å². The van der Waals surface area contributed by atoms with Gasteiger partial charge in [0.2, 0.25) is 0 Å². The minimum Gasteiger partial charge on any atom is -0.274 e. The van der Waals surface area contributed by atoms with Crippen molar-refractivity contribution in [2.75, 3.05) is 6.54 Å². The van der Waals surface area contributed by atoms with Crippen molar-refractivity contribution >= 4 is 40.6 Å². The van der Waals surface area contributed by atoms with Gasteiger partial charge in [-0.3, -0.25) is 14.5 Å². The SMILES string of the molecule is CCCCCCCCCCN1C(=O)C(Cl)=C(c2ccc(Cl)cc2)C1=O. The largest absolute Gasteiger partial charge is 0.274 e. The van der Waals surface area contributed by atoms with Crippen molar-refractivity contribution in [3.63, 3.8) is 0 Å². The van der Waals surface area contributed by atoms with E-state index in [0.29, 0.717) is 17.1 Å². The van der Waals surface area contributed by atoms with Gasteiger partial charge in [-0.15, -0.1) is 0 Å². The van der Waals surface area contributed by atoms with Crippen LogP contribution in [0.3, 0.4) is 0 Å². The van der Waals surface area contributed by atoms with E-state index in [2.05, 4.69) is 6.92 Å². The molecule has 0 aliphatic carbocycles. The molecule has 5 heteroatoms. The molecule has 0 atom stereocenters. The normalized spacial score (nSPS) is 14.8. The van der Waals surface area contributed by atoms with Crippen LogP contribution in [0.5, 0.6) is 0 Å². The molecule has 136 valence electrons. The van der Waals surface area contributed by atoms with E-state index in [9.17, 15) is 9.59 Å². The number of carbonyl (C=O) groups is 2. The molecule has 2 rings (SSSR count). The second kappa shape index (κ2) is 9.98. The summed E-state index contributed by atoms with van der Waals surface area (Å²) in [5, 5.41) is 0.583. The summed E-state index contributed by atoms with van der Waals surface area (Å²) in [6, 6.07) is 6.80. The van der Waals surface area contributed by atoms with Gasteiger partial charge in [-0.05, 0) is 24.1 Å². The minimum absolute atomic E-state index is 0.00638. The van der Waals surface area contributed by atoms with Crippen LogP contribution < -0.4 is 0 Å². The Hall–Kier alpha value is -1.32. The maximum absolute atomic E-state index is 12.6. The lowest BCUT2D eigenvalue weighted by Gasteiger charge is -2.14. The Balaban J connectivity index is 1.83. The molecular formula is C20H25Cl2NO2. The van der Waals surface area contributed by atoms with Gasteiger partial charge in [0.05, 0.1) is 5.57 Å². The zero-order chi connectivity index (χ0) is 18.2. The summed E-state index contributed by atoms with van der Waals surface area (Å²) in [6.07, 6.45) is 9.33. The number of amides is 2. The molecule has 0 N–H and O–H groups in total. The van der Waals surface area contributed by atoms with Gasteiger partial charge in [0.25, 0.3) is 11.8 Å². The van der Waals surface area contributed by atoms with E-state index in [-0.39, 0.29) is 22.4 Å². The van der Waals surface area contributed by atoms with Crippen molar-refractivity contribution in [2.24, 2.45) is 0 Å². The predicted molar refractivity (Wildman–Crippen MR) is 104 cm³/mol. The third kappa shape index (κ3) is 5.32. The van der Waals surface area contributed by atoms with Crippen LogP contribution in [0.25, 0.3) is 5.57 Å². The Morgan fingerprint density at radius 3 is 1.96 bits per heavy atom. The fraction of sp³-hybridized carbons (Fsp3) is 0.500. The number of nitrogens with zero attached hydrogens (tertiary/aromatic N) is 1. The van der Waals surface area contributed by atoms with Crippen LogP contribution in [0.1, 0.15) is 63.9 Å². The summed E-state index contributed by atoms with van der Waals surface area (Å²) in [6.45, 7) is 2.64. The molecule has 0 saturated carbocycles. The van der Waals surface area contributed by atoms with Crippen molar-refractivity contribution in [1.29, 1.82) is 0 Å². The molecule has 1 heterocycles. The summed E-state index contributed by atoms with van der Waals surface area (Å²) in [5.74, 6) is -0.695. The Kier molecular flexibility index (Phi) is 7.98. The van der Waals surface area contributed by atoms with Crippen molar-refractivity contribution < 1.29 is 9.59 Å². The molecule has 0 bridgehead atoms. The molecule has 1 aromatic carbocycles. The van der Waals surface area contributed by atoms with Crippen molar-refractivity contribution in [3.05, 3.63) is 39.9 Å². The lowest BCUT2D eigenvalue weighted by molar-refractivity contribution is -0.136. The van der Waals surface area contributed by atoms with Crippen molar-refractivity contribution in [2.45, 2.75) is 58.3 Å². The molecule has 0 aromatic heterocycles. The molecule has 1 aliphatic heterocycles. The first-order valence-electron chi connectivity index (χ1n) is 9.08. The molecule has 2 amide bonds. The lowest BCUT2D eigenvalue weighted by atomic mass is 10.1. The molecule has 0 saturated heterocycles. The Labute approximate surface area is 160 Å². The molecular weight excluding hydrogens is 357 g/mol. The van der Waals surface area contributed by atoms with Crippen LogP contribution in [-0.4, -0.2) is 23.3 Å². The van der Waals surface area contributed by atoms with Crippen LogP contribution in [0, 0.1) is 0 Å². The third-order valence-corrected chi connectivity index (χ3v) is 5.08. The van der Waals surface area contributed by atoms with Crippen molar-refractivity contribution in [3.8, 4) is 0 Å². The number of benzene rings is 1. The summed E-state index contributed by atoms with van der Waals surface area (Å²) in [7, 11) is 0. The van der Waals surface area contributed by atoms with Gasteiger partial charge in [0.15, 0.2) is 0 Å². The number of rotatable bonds is 10. The molecule has 1 aromatic rings. The Morgan fingerprint density at radius 1 is 0.800 bits per heavy atom. The summed E-state index contributed by atoms with van der Waals surface area (Å²) >= 11 is 12.0. The number of hydrogen-bond acceptors (Lipinski definition) is 2. The highest BCUT2D eigenvalue weighted by Crippen LogP contribution is 2.32. The summed E-state index contributed by atoms with van der Waals surface area (Å²) in [5.41, 5.74) is 0.911. The number of hydrogen-bond donors (Lipinski definition) is 0. The predicted octanol–water partition coefficient (Wildman–Crippen LogP) is 5.80. The van der Waals surface area contributed by atoms with Crippen LogP contribution in [0.4, 0.5) is 0 Å². The lowest BCUT2D eigenvalue weighted by Crippen LogP contribution is -2.32. The van der Waals surface area contributed by atoms with Crippen LogP contribution >= 0.6 is 23.2 Å². The number of imide groups is 1. The smallest absolute Gasteiger partial charge is 0.273 e. The number of halogens is 2. The van der Waals surface area contributed by atoms with Gasteiger partial charge >= 0.3 is 0 Å². The highest BCUT2D eigenvalue weighted by atomic mass is 35.5. The van der Waals surface area contributed by atoms with E-state index in [1.54, 1.807) is 24.3 Å². The highest BCUT2D eigenvalue weighted by molar-refractivity contribution is 6.55. The second-order valence-electron chi connectivity index (χ2n) is 6.43. The van der Waals surface area contributed by atoms with E-state index in [1.165, 1.54) is 37.0 Å². The Morgan fingerprint density at radius 2 is 1.36 bits per heavy atom. The highest BCUT2D eigenvalue weighted by Gasteiger charge is 2.37. The topological polar surface area (TPSA) is 37.4 Å². The standard InChI is InChI=1S/C20H25Cl2NO2/c1-2-3-4-5-6-7-8-9-14-23-19(24)17(18(22)20(23)25)15-10-12-16(21)13-11-15/h10-13H,2-9,14H2,1H3. The molecule has 0 unspecified atom stereocenters. The average Bonchev–Trinajstić information content (AvgIpc) is 2.81. The van der Waals surface area contributed by atoms with E-state index in [1.807, 2.05) is 0 Å². The number of carbonyl (C=O) groups excluding carboxylic acids is 2. The van der Waals surface area contributed by atoms with Gasteiger partial charge in [-0.2, -0.15) is 0 Å². The molecule has 1 aliphatic rings. The zero-order valence-electron chi connectivity index (χ0n) is 14.7. The minimum atomic E-state index is -0.389. The first kappa shape index (κ1) is 20.0. The Bertz CT molecular complexity index is 638. The molecule has 0 spiro atoms. The van der Waals surface area contributed by atoms with Crippen molar-refractivity contribution in [1.82, 2.24) is 4.90 Å². The van der Waals surface area contributed by atoms with Crippen LogP contribution in [0.15, 0.2) is 29.3 Å². The quantitative estimate of drug-likeness (QED) is 0.379. The summed E-state index contributed by atoms with van der Waals surface area (Å²) < 4.78 is 0. The number of unbranched alkanes of at least 4 members (excludes halogenated alkanes) is 7. The first-order valence-corrected chi connectivity index (χ1v) is 9.83. The summed E-state index contributed by atoms with van der Waals surface area (Å²) in [4.78, 5) is 26.1. The molecule has 3 nitrogen and oxygen atoms in total. The average molecular weight is 382 g/mol. The maximum atomic E-state index is 12.6. The molecule has 0 radical (unpaired) electrons. The fourth-order valence-corrected chi connectivity index (χ4v) is 3.44. The molecule has 25 heavy (non-hydrogen) atoms. The monoisotopic (exact) mass is 381 g/mol. The van der Waals surface area contributed by atoms with E-state index < -0.39 is 0 Å².